The van der Waals surface area contributed by atoms with Crippen molar-refractivity contribution in [1.82, 2.24) is 9.78 Å². The average molecular weight is 228 g/mol. The second kappa shape index (κ2) is 4.65. The van der Waals surface area contributed by atoms with E-state index in [1.807, 2.05) is 6.07 Å². The van der Waals surface area contributed by atoms with Crippen LogP contribution in [-0.4, -0.2) is 20.7 Å². The zero-order valence-corrected chi connectivity index (χ0v) is 9.37. The van der Waals surface area contributed by atoms with Crippen LogP contribution in [-0.2, 0) is 7.05 Å². The summed E-state index contributed by atoms with van der Waals surface area (Å²) in [5.74, 6) is -0.0631. The third kappa shape index (κ3) is 2.60. The predicted octanol–water partition coefficient (Wildman–Crippen LogP) is 2.02. The van der Waals surface area contributed by atoms with Gasteiger partial charge in [-0.25, -0.2) is 0 Å². The third-order valence-corrected chi connectivity index (χ3v) is 2.39. The number of aryl methyl sites for hydroxylation is 1. The van der Waals surface area contributed by atoms with Crippen LogP contribution in [0.15, 0.2) is 42.6 Å². The van der Waals surface area contributed by atoms with Crippen LogP contribution in [0.1, 0.15) is 16.1 Å². The molecule has 0 aliphatic rings. The van der Waals surface area contributed by atoms with Crippen LogP contribution in [0.25, 0.3) is 6.08 Å². The van der Waals surface area contributed by atoms with Gasteiger partial charge in [-0.15, -0.1) is 0 Å². The van der Waals surface area contributed by atoms with Crippen molar-refractivity contribution in [2.75, 3.05) is 0 Å². The third-order valence-electron chi connectivity index (χ3n) is 2.39. The molecule has 0 unspecified atom stereocenters. The number of hydrogen-bond donors (Lipinski definition) is 1. The minimum absolute atomic E-state index is 0.0878. The summed E-state index contributed by atoms with van der Waals surface area (Å²) in [5.41, 5.74) is 1.31. The number of nitrogens with zero attached hydrogens (tertiary/aromatic N) is 2. The van der Waals surface area contributed by atoms with E-state index >= 15 is 0 Å². The molecule has 0 radical (unpaired) electrons. The highest BCUT2D eigenvalue weighted by Crippen LogP contribution is 2.12. The number of ketones is 1. The summed E-state index contributed by atoms with van der Waals surface area (Å²) in [5, 5.41) is 13.3. The Morgan fingerprint density at radius 3 is 2.88 bits per heavy atom. The number of hydrogen-bond acceptors (Lipinski definition) is 3. The number of allylic oxidation sites excluding steroid dienone is 1. The number of carbonyl (C=O) groups is 1. The Labute approximate surface area is 98.8 Å². The van der Waals surface area contributed by atoms with Gasteiger partial charge in [-0.3, -0.25) is 9.48 Å². The Balaban J connectivity index is 2.17. The fourth-order valence-corrected chi connectivity index (χ4v) is 1.46. The lowest BCUT2D eigenvalue weighted by Crippen LogP contribution is -1.95. The quantitative estimate of drug-likeness (QED) is 0.646. The zero-order chi connectivity index (χ0) is 12.3. The fraction of sp³-hybridized carbons (Fsp3) is 0.0769. The van der Waals surface area contributed by atoms with Crippen molar-refractivity contribution in [3.63, 3.8) is 0 Å². The van der Waals surface area contributed by atoms with E-state index < -0.39 is 0 Å². The first-order valence-electron chi connectivity index (χ1n) is 5.16. The van der Waals surface area contributed by atoms with Gasteiger partial charge in [-0.05, 0) is 30.4 Å². The largest absolute Gasteiger partial charge is 0.508 e. The number of phenolic OH excluding ortho intramolecular Hbond substituents is 1. The monoisotopic (exact) mass is 228 g/mol. The van der Waals surface area contributed by atoms with E-state index in [-0.39, 0.29) is 11.5 Å². The first kappa shape index (κ1) is 11.1. The first-order valence-corrected chi connectivity index (χ1v) is 5.16. The molecule has 0 aliphatic carbocycles. The molecule has 0 atom stereocenters. The maximum absolute atomic E-state index is 11.8. The first-order chi connectivity index (χ1) is 8.16. The van der Waals surface area contributed by atoms with Crippen molar-refractivity contribution in [3.8, 4) is 5.75 Å². The smallest absolute Gasteiger partial charge is 0.186 e. The van der Waals surface area contributed by atoms with Gasteiger partial charge in [0, 0.05) is 18.8 Å². The summed E-state index contributed by atoms with van der Waals surface area (Å²) >= 11 is 0. The van der Waals surface area contributed by atoms with E-state index in [1.54, 1.807) is 36.1 Å². The number of carbonyl (C=O) groups excluding carboxylic acids is 1. The molecule has 0 saturated heterocycles. The lowest BCUT2D eigenvalue weighted by Gasteiger charge is -1.97. The number of aromatic hydroxyl groups is 1. The van der Waals surface area contributed by atoms with Gasteiger partial charge in [0.2, 0.25) is 0 Å². The Bertz CT molecular complexity index is 570. The molecule has 0 fully saturated rings. The summed E-state index contributed by atoms with van der Waals surface area (Å²) in [6.07, 6.45) is 4.82. The van der Waals surface area contributed by atoms with Crippen LogP contribution in [0.3, 0.4) is 0 Å². The van der Waals surface area contributed by atoms with Gasteiger partial charge in [0.05, 0.1) is 5.69 Å². The topological polar surface area (TPSA) is 55.1 Å². The van der Waals surface area contributed by atoms with E-state index in [1.165, 1.54) is 18.2 Å². The molecule has 1 aromatic carbocycles. The van der Waals surface area contributed by atoms with Crippen molar-refractivity contribution >= 4 is 11.9 Å². The number of phenols is 1. The summed E-state index contributed by atoms with van der Waals surface area (Å²) in [6.45, 7) is 0. The van der Waals surface area contributed by atoms with Crippen LogP contribution in [0.4, 0.5) is 0 Å². The van der Waals surface area contributed by atoms with Crippen molar-refractivity contribution in [3.05, 3.63) is 53.9 Å². The normalized spacial score (nSPS) is 10.9. The van der Waals surface area contributed by atoms with E-state index in [2.05, 4.69) is 5.10 Å². The molecule has 4 nitrogen and oxygen atoms in total. The lowest BCUT2D eigenvalue weighted by atomic mass is 10.1. The minimum atomic E-state index is -0.151. The van der Waals surface area contributed by atoms with E-state index in [4.69, 9.17) is 0 Å². The molecule has 1 N–H and O–H groups in total. The van der Waals surface area contributed by atoms with Gasteiger partial charge >= 0.3 is 0 Å². The molecule has 86 valence electrons. The number of benzene rings is 1. The van der Waals surface area contributed by atoms with Crippen LogP contribution >= 0.6 is 0 Å². The van der Waals surface area contributed by atoms with Gasteiger partial charge in [0.25, 0.3) is 0 Å². The molecular weight excluding hydrogens is 216 g/mol. The van der Waals surface area contributed by atoms with E-state index in [9.17, 15) is 9.90 Å². The van der Waals surface area contributed by atoms with Gasteiger partial charge < -0.3 is 5.11 Å². The van der Waals surface area contributed by atoms with Gasteiger partial charge in [0.15, 0.2) is 5.78 Å². The minimum Gasteiger partial charge on any atom is -0.508 e. The molecule has 0 spiro atoms. The van der Waals surface area contributed by atoms with Gasteiger partial charge in [-0.1, -0.05) is 12.1 Å². The van der Waals surface area contributed by atoms with Crippen molar-refractivity contribution < 1.29 is 9.90 Å². The molecule has 1 heterocycles. The molecule has 0 aliphatic heterocycles. The van der Waals surface area contributed by atoms with Crippen LogP contribution < -0.4 is 0 Å². The average Bonchev–Trinajstić information content (AvgIpc) is 2.72. The van der Waals surface area contributed by atoms with Crippen LogP contribution in [0.2, 0.25) is 0 Å². The molecule has 2 aromatic rings. The van der Waals surface area contributed by atoms with Crippen molar-refractivity contribution in [2.24, 2.45) is 7.05 Å². The number of aromatic nitrogens is 2. The van der Waals surface area contributed by atoms with E-state index in [0.717, 1.165) is 5.69 Å². The molecule has 0 saturated carbocycles. The Morgan fingerprint density at radius 1 is 1.41 bits per heavy atom. The standard InChI is InChI=1S/C13H12N2O2/c1-15-11(7-8-14-15)5-6-13(17)10-3-2-4-12(16)9-10/h2-9,16H,1H3/b6-5+. The highest BCUT2D eigenvalue weighted by molar-refractivity contribution is 6.06. The fourth-order valence-electron chi connectivity index (χ4n) is 1.46. The van der Waals surface area contributed by atoms with Crippen LogP contribution in [0.5, 0.6) is 5.75 Å². The van der Waals surface area contributed by atoms with Crippen molar-refractivity contribution in [1.29, 1.82) is 0 Å². The summed E-state index contributed by atoms with van der Waals surface area (Å²) in [7, 11) is 1.80. The molecule has 0 bridgehead atoms. The number of rotatable bonds is 3. The molecular formula is C13H12N2O2. The highest BCUT2D eigenvalue weighted by atomic mass is 16.3. The molecule has 4 heteroatoms. The van der Waals surface area contributed by atoms with Crippen molar-refractivity contribution in [2.45, 2.75) is 0 Å². The summed E-state index contributed by atoms with van der Waals surface area (Å²) in [6, 6.07) is 8.08. The molecule has 17 heavy (non-hydrogen) atoms. The predicted molar refractivity (Wildman–Crippen MR) is 64.7 cm³/mol. The maximum Gasteiger partial charge on any atom is 0.186 e. The van der Waals surface area contributed by atoms with E-state index in [0.29, 0.717) is 5.56 Å². The Hall–Kier alpha value is -2.36. The molecule has 2 rings (SSSR count). The Morgan fingerprint density at radius 2 is 2.24 bits per heavy atom. The highest BCUT2D eigenvalue weighted by Gasteiger charge is 2.02. The van der Waals surface area contributed by atoms with Gasteiger partial charge in [0.1, 0.15) is 5.75 Å². The van der Waals surface area contributed by atoms with Crippen LogP contribution in [0, 0.1) is 0 Å². The molecule has 1 aromatic heterocycles. The lowest BCUT2D eigenvalue weighted by molar-refractivity contribution is 0.104. The second-order valence-corrected chi connectivity index (χ2v) is 3.63. The zero-order valence-electron chi connectivity index (χ0n) is 9.37. The summed E-state index contributed by atoms with van der Waals surface area (Å²) in [4.78, 5) is 11.8. The molecule has 0 amide bonds. The summed E-state index contributed by atoms with van der Waals surface area (Å²) < 4.78 is 1.67. The Kier molecular flexibility index (Phi) is 3.05. The maximum atomic E-state index is 11.8. The van der Waals surface area contributed by atoms with Gasteiger partial charge in [-0.2, -0.15) is 5.10 Å². The second-order valence-electron chi connectivity index (χ2n) is 3.63. The SMILES string of the molecule is Cn1nccc1/C=C/C(=O)c1cccc(O)c1.